The number of nitrogens with one attached hydrogen (secondary N) is 2. The maximum Gasteiger partial charge on any atom is 0.409 e. The van der Waals surface area contributed by atoms with Crippen molar-refractivity contribution in [3.05, 3.63) is 106 Å². The first-order valence-corrected chi connectivity index (χ1v) is 32.3. The standard InChI is InChI=1S/C68H89ClN8O17/c1-43-16-13-22-55(87-8)68(86)40-54(92-66(85)70-68)44(2)64-67(4,94-64)56(39-60(83)76(7)53-38-46(36-43)37-48(42-78)61(53)69)93-65(84)45(3)75(6)58(81)24-15-23-57(80)74(5)27-29-89-31-33-91-35-34-90-32-30-88-28-26-49(79)18-14-25-59(82)77-41-47-17-9-10-19-50(47)62-63(72-73-71-62)51-20-11-12-21-52(51)77/h9-13,16-17,19-22,37-38,44-45,54-56,64,78,86H,14-15,18,23-36,39-42H2,1-8H3,(H,70,85)(H,71,72,73)/b22-13+,43-16-/t44-,45+,54+,55-,56+,64+,67+,68+/m1/s1. The molecule has 5 amide bonds. The summed E-state index contributed by atoms with van der Waals surface area (Å²) < 4.78 is 46.3. The van der Waals surface area contributed by atoms with Crippen molar-refractivity contribution in [2.75, 3.05) is 97.5 Å². The smallest absolute Gasteiger partial charge is 0.409 e. The van der Waals surface area contributed by atoms with E-state index in [0.717, 1.165) is 39.2 Å². The number of aliphatic hydroxyl groups excluding tert-OH is 1. The number of epoxide rings is 1. The number of carbonyl (C=O) groups excluding carboxylic acids is 7. The molecule has 4 aliphatic heterocycles. The van der Waals surface area contributed by atoms with Crippen LogP contribution in [0.4, 0.5) is 16.2 Å². The number of halogens is 1. The Hall–Kier alpha value is -7.46. The molecule has 4 N–H and O–H groups in total. The van der Waals surface area contributed by atoms with E-state index in [1.165, 1.54) is 42.8 Å². The number of amides is 5. The van der Waals surface area contributed by atoms with Gasteiger partial charge in [-0.15, -0.1) is 0 Å². The van der Waals surface area contributed by atoms with Gasteiger partial charge >= 0.3 is 12.1 Å². The largest absolute Gasteiger partial charge is 0.457 e. The van der Waals surface area contributed by atoms with E-state index in [1.54, 1.807) is 50.1 Å². The van der Waals surface area contributed by atoms with E-state index < -0.39 is 84.6 Å². The van der Waals surface area contributed by atoms with E-state index in [0.29, 0.717) is 82.5 Å². The monoisotopic (exact) mass is 1320 g/mol. The van der Waals surface area contributed by atoms with Crippen LogP contribution in [-0.4, -0.2) is 206 Å². The van der Waals surface area contributed by atoms with Crippen LogP contribution in [0.5, 0.6) is 0 Å². The predicted octanol–water partition coefficient (Wildman–Crippen LogP) is 6.82. The number of esters is 1. The van der Waals surface area contributed by atoms with Crippen LogP contribution >= 0.6 is 11.6 Å². The SMILES string of the molecule is CO[C@@H]1/C=C/C=C(/C)Cc2cc(CO)c(Cl)c(c2)N(C)C(=O)C[C@H](OC(=O)[C@H](C)N(C)C(=O)CCCC(=O)N(C)CCOCCOCCOCCOCCC(=O)CCCC(=O)N2Cc3ccccc3-c3n[nH]nc3-c3ccccc32)[C@]2(C)O[C@H]2[C@H](C)[C@@H]2C[C@@]1(O)NC(=O)O2. The molecular weight excluding hydrogens is 1240 g/mol. The lowest BCUT2D eigenvalue weighted by molar-refractivity contribution is -0.162. The summed E-state index contributed by atoms with van der Waals surface area (Å²) >= 11 is 6.80. The lowest BCUT2D eigenvalue weighted by atomic mass is 9.83. The van der Waals surface area contributed by atoms with Crippen LogP contribution < -0.4 is 15.1 Å². The molecule has 8 rings (SSSR count). The number of rotatable bonds is 28. The van der Waals surface area contributed by atoms with Crippen molar-refractivity contribution in [1.29, 1.82) is 0 Å². The Morgan fingerprint density at radius 1 is 0.840 bits per heavy atom. The van der Waals surface area contributed by atoms with Gasteiger partial charge in [-0.05, 0) is 68.9 Å². The van der Waals surface area contributed by atoms with Crippen LogP contribution in [0.2, 0.25) is 5.02 Å². The summed E-state index contributed by atoms with van der Waals surface area (Å²) in [4.78, 5) is 100. The van der Waals surface area contributed by atoms with Crippen LogP contribution in [0.3, 0.4) is 0 Å². The number of H-pyrrole nitrogens is 1. The summed E-state index contributed by atoms with van der Waals surface area (Å²) in [5.41, 5.74) is 3.93. The number of methoxy groups -OCH3 is 1. The van der Waals surface area contributed by atoms with E-state index >= 15 is 0 Å². The van der Waals surface area contributed by atoms with Crippen molar-refractivity contribution in [2.24, 2.45) is 5.92 Å². The zero-order chi connectivity index (χ0) is 67.7. The Balaban J connectivity index is 0.696. The number of carbonyl (C=O) groups is 7. The third-order valence-electron chi connectivity index (χ3n) is 17.7. The van der Waals surface area contributed by atoms with Gasteiger partial charge in [0.05, 0.1) is 94.9 Å². The van der Waals surface area contributed by atoms with E-state index in [-0.39, 0.29) is 80.8 Å². The van der Waals surface area contributed by atoms with Crippen molar-refractivity contribution >= 4 is 64.5 Å². The number of nitrogens with zero attached hydrogens (tertiary/aromatic N) is 6. The van der Waals surface area contributed by atoms with Gasteiger partial charge < -0.3 is 67.7 Å². The fraction of sp³-hybridized carbons (Fsp3) is 0.544. The topological polar surface area (TPSA) is 304 Å². The Morgan fingerprint density at radius 2 is 1.48 bits per heavy atom. The minimum atomic E-state index is -1.89. The fourth-order valence-electron chi connectivity index (χ4n) is 11.9. The van der Waals surface area contributed by atoms with Crippen LogP contribution in [-0.2, 0) is 86.2 Å². The highest BCUT2D eigenvalue weighted by Gasteiger charge is 2.64. The van der Waals surface area contributed by atoms with Crippen LogP contribution in [0.1, 0.15) is 102 Å². The highest BCUT2D eigenvalue weighted by atomic mass is 35.5. The Kier molecular flexibility index (Phi) is 26.0. The number of Topliss-reactive ketones (excluding diaryl/α,β-unsaturated/α-hetero) is 1. The number of ether oxygens (including phenoxy) is 8. The number of para-hydroxylation sites is 1. The van der Waals surface area contributed by atoms with Gasteiger partial charge in [0, 0.05) is 90.4 Å². The Bertz CT molecular complexity index is 3380. The molecule has 510 valence electrons. The first-order valence-electron chi connectivity index (χ1n) is 31.9. The summed E-state index contributed by atoms with van der Waals surface area (Å²) in [7, 11) is 6.03. The number of aromatic amines is 1. The zero-order valence-electron chi connectivity index (χ0n) is 54.9. The maximum atomic E-state index is 14.4. The quantitative estimate of drug-likeness (QED) is 0.0257. The lowest BCUT2D eigenvalue weighted by Crippen LogP contribution is -2.63. The molecule has 4 bridgehead atoms. The molecule has 25 nitrogen and oxygen atoms in total. The molecule has 8 atom stereocenters. The fourth-order valence-corrected chi connectivity index (χ4v) is 12.2. The number of likely N-dealkylation sites (N-methyl/N-ethyl adjacent to an activating group) is 2. The van der Waals surface area contributed by atoms with E-state index in [1.807, 2.05) is 61.5 Å². The molecule has 0 spiro atoms. The Morgan fingerprint density at radius 3 is 2.18 bits per heavy atom. The number of benzene rings is 3. The molecule has 2 saturated heterocycles. The van der Waals surface area contributed by atoms with Crippen LogP contribution in [0.25, 0.3) is 22.5 Å². The van der Waals surface area contributed by atoms with E-state index in [4.69, 9.17) is 49.5 Å². The lowest BCUT2D eigenvalue weighted by Gasteiger charge is -2.42. The summed E-state index contributed by atoms with van der Waals surface area (Å²) in [5, 5.41) is 36.4. The van der Waals surface area contributed by atoms with Gasteiger partial charge in [0.2, 0.25) is 23.6 Å². The molecule has 5 heterocycles. The van der Waals surface area contributed by atoms with Gasteiger partial charge in [0.25, 0.3) is 0 Å². The molecule has 4 aliphatic rings. The average Bonchev–Trinajstić information content (AvgIpc) is 1.56. The molecule has 0 aliphatic carbocycles. The highest BCUT2D eigenvalue weighted by Crippen LogP contribution is 2.49. The van der Waals surface area contributed by atoms with Crippen molar-refractivity contribution in [3.63, 3.8) is 0 Å². The van der Waals surface area contributed by atoms with Crippen molar-refractivity contribution in [2.45, 2.75) is 147 Å². The second kappa shape index (κ2) is 33.8. The van der Waals surface area contributed by atoms with Gasteiger partial charge in [-0.25, -0.2) is 9.59 Å². The normalized spacial score (nSPS) is 23.1. The molecule has 0 unspecified atom stereocenters. The number of anilines is 2. The number of aromatic nitrogens is 3. The van der Waals surface area contributed by atoms with Gasteiger partial charge in [-0.1, -0.05) is 90.9 Å². The molecule has 4 aromatic rings. The third kappa shape index (κ3) is 18.5. The van der Waals surface area contributed by atoms with Crippen molar-refractivity contribution < 1.29 is 81.7 Å². The minimum absolute atomic E-state index is 0.0183. The average molecular weight is 1330 g/mol. The number of ketones is 1. The summed E-state index contributed by atoms with van der Waals surface area (Å²) in [6, 6.07) is 17.8. The first kappa shape index (κ1) is 72.4. The first-order chi connectivity index (χ1) is 45.1. The maximum absolute atomic E-state index is 14.4. The third-order valence-corrected chi connectivity index (χ3v) is 18.2. The van der Waals surface area contributed by atoms with Crippen molar-refractivity contribution in [3.8, 4) is 22.5 Å². The van der Waals surface area contributed by atoms with Gasteiger partial charge in [-0.2, -0.15) is 15.4 Å². The number of fused-ring (bicyclic) bond motifs is 10. The molecule has 3 aromatic carbocycles. The van der Waals surface area contributed by atoms with E-state index in [9.17, 15) is 43.8 Å². The van der Waals surface area contributed by atoms with Gasteiger partial charge in [0.1, 0.15) is 47.1 Å². The highest BCUT2D eigenvalue weighted by molar-refractivity contribution is 6.34. The minimum Gasteiger partial charge on any atom is -0.457 e. The summed E-state index contributed by atoms with van der Waals surface area (Å²) in [6.07, 6.45) is 1.59. The number of hydrogen-bond acceptors (Lipinski definition) is 19. The second-order valence-corrected chi connectivity index (χ2v) is 24.8. The Labute approximate surface area is 553 Å². The molecule has 0 radical (unpaired) electrons. The van der Waals surface area contributed by atoms with Gasteiger partial charge in [-0.3, -0.25) is 29.3 Å². The molecule has 26 heteroatoms. The summed E-state index contributed by atoms with van der Waals surface area (Å²) in [5.74, 6) is -2.62. The van der Waals surface area contributed by atoms with Crippen LogP contribution in [0.15, 0.2) is 84.5 Å². The zero-order valence-corrected chi connectivity index (χ0v) is 55.7. The molecule has 2 fully saturated rings. The predicted molar refractivity (Wildman–Crippen MR) is 347 cm³/mol. The molecular formula is C68H89ClN8O17. The molecule has 0 saturated carbocycles. The van der Waals surface area contributed by atoms with E-state index in [2.05, 4.69) is 20.7 Å². The number of hydrogen-bond donors (Lipinski definition) is 4. The van der Waals surface area contributed by atoms with Gasteiger partial charge in [0.15, 0.2) is 5.72 Å². The number of aliphatic hydroxyl groups is 2. The summed E-state index contributed by atoms with van der Waals surface area (Å²) in [6.45, 7) is 9.50. The number of allylic oxidation sites excluding steroid dienone is 3. The molecule has 94 heavy (non-hydrogen) atoms. The number of alkyl carbamates (subject to hydrolysis) is 1. The van der Waals surface area contributed by atoms with Crippen LogP contribution in [0, 0.1) is 5.92 Å². The van der Waals surface area contributed by atoms with Crippen molar-refractivity contribution in [1.82, 2.24) is 30.5 Å². The molecule has 1 aromatic heterocycles. The second-order valence-electron chi connectivity index (χ2n) is 24.5.